The molecule has 3 N–H and O–H groups in total. The van der Waals surface area contributed by atoms with Crippen LogP contribution in [-0.4, -0.2) is 21.0 Å². The monoisotopic (exact) mass is 485 g/mol. The standard InChI is InChI=1S/C14H11BrCl3N3OS2/c15-8-3-1-4-9(7-8)19-13(23)21-12(14(16,17)18)20-11(22)10-5-2-6-24-10/h1-7,12H,(H,20,22)(H2,19,21,23). The maximum Gasteiger partial charge on any atom is 0.263 e. The molecule has 1 amide bonds. The number of rotatable bonds is 4. The second-order valence-electron chi connectivity index (χ2n) is 4.53. The van der Waals surface area contributed by atoms with E-state index in [2.05, 4.69) is 31.9 Å². The Morgan fingerprint density at radius 2 is 1.96 bits per heavy atom. The fourth-order valence-electron chi connectivity index (χ4n) is 1.67. The van der Waals surface area contributed by atoms with Gasteiger partial charge in [0, 0.05) is 10.2 Å². The number of carbonyl (C=O) groups excluding carboxylic acids is 1. The molecule has 0 radical (unpaired) electrons. The van der Waals surface area contributed by atoms with Crippen molar-refractivity contribution in [1.82, 2.24) is 10.6 Å². The minimum atomic E-state index is -1.80. The molecule has 10 heteroatoms. The molecule has 0 aliphatic carbocycles. The van der Waals surface area contributed by atoms with Gasteiger partial charge >= 0.3 is 0 Å². The van der Waals surface area contributed by atoms with E-state index in [0.717, 1.165) is 10.2 Å². The van der Waals surface area contributed by atoms with Crippen molar-refractivity contribution < 1.29 is 4.79 Å². The maximum atomic E-state index is 12.2. The summed E-state index contributed by atoms with van der Waals surface area (Å²) in [6.45, 7) is 0. The van der Waals surface area contributed by atoms with Crippen LogP contribution in [0.1, 0.15) is 9.67 Å². The molecule has 0 aliphatic rings. The lowest BCUT2D eigenvalue weighted by Gasteiger charge is -2.27. The molecule has 1 unspecified atom stereocenters. The van der Waals surface area contributed by atoms with Crippen LogP contribution in [0.15, 0.2) is 46.3 Å². The topological polar surface area (TPSA) is 53.2 Å². The van der Waals surface area contributed by atoms with Crippen LogP contribution in [0, 0.1) is 0 Å². The summed E-state index contributed by atoms with van der Waals surface area (Å²) in [5.41, 5.74) is 0.745. The summed E-state index contributed by atoms with van der Waals surface area (Å²) in [7, 11) is 0. The second-order valence-corrected chi connectivity index (χ2v) is 9.17. The predicted molar refractivity (Wildman–Crippen MR) is 109 cm³/mol. The zero-order valence-corrected chi connectivity index (χ0v) is 17.3. The number of hydrogen-bond donors (Lipinski definition) is 3. The van der Waals surface area contributed by atoms with Crippen molar-refractivity contribution in [1.29, 1.82) is 0 Å². The lowest BCUT2D eigenvalue weighted by atomic mass is 10.3. The van der Waals surface area contributed by atoms with Crippen LogP contribution < -0.4 is 16.0 Å². The van der Waals surface area contributed by atoms with Gasteiger partial charge in [-0.2, -0.15) is 0 Å². The summed E-state index contributed by atoms with van der Waals surface area (Å²) < 4.78 is -0.908. The summed E-state index contributed by atoms with van der Waals surface area (Å²) in [6, 6.07) is 10.8. The first kappa shape index (κ1) is 19.8. The molecule has 128 valence electrons. The molecular formula is C14H11BrCl3N3OS2. The molecule has 1 aromatic heterocycles. The number of nitrogens with one attached hydrogen (secondary N) is 3. The third-order valence-corrected chi connectivity index (χ3v) is 4.94. The summed E-state index contributed by atoms with van der Waals surface area (Å²) in [4.78, 5) is 12.7. The molecule has 24 heavy (non-hydrogen) atoms. The van der Waals surface area contributed by atoms with Gasteiger partial charge in [-0.3, -0.25) is 4.79 Å². The van der Waals surface area contributed by atoms with Crippen molar-refractivity contribution in [3.63, 3.8) is 0 Å². The van der Waals surface area contributed by atoms with E-state index in [4.69, 9.17) is 47.0 Å². The van der Waals surface area contributed by atoms with Crippen molar-refractivity contribution in [2.45, 2.75) is 9.96 Å². The van der Waals surface area contributed by atoms with Crippen LogP contribution in [0.2, 0.25) is 0 Å². The van der Waals surface area contributed by atoms with Gasteiger partial charge in [-0.15, -0.1) is 11.3 Å². The minimum Gasteiger partial charge on any atom is -0.339 e. The Balaban J connectivity index is 2.03. The van der Waals surface area contributed by atoms with Crippen LogP contribution in [0.5, 0.6) is 0 Å². The number of benzene rings is 1. The molecule has 0 aliphatic heterocycles. The van der Waals surface area contributed by atoms with Crippen LogP contribution in [0.4, 0.5) is 5.69 Å². The van der Waals surface area contributed by atoms with Crippen molar-refractivity contribution in [2.24, 2.45) is 0 Å². The first-order chi connectivity index (χ1) is 11.3. The fourth-order valence-corrected chi connectivity index (χ4v) is 3.26. The molecule has 1 atom stereocenters. The van der Waals surface area contributed by atoms with E-state index in [1.54, 1.807) is 17.5 Å². The van der Waals surface area contributed by atoms with E-state index < -0.39 is 9.96 Å². The van der Waals surface area contributed by atoms with Gasteiger partial charge in [0.2, 0.25) is 3.79 Å². The first-order valence-corrected chi connectivity index (χ1v) is 9.71. The van der Waals surface area contributed by atoms with Crippen molar-refractivity contribution in [2.75, 3.05) is 5.32 Å². The molecule has 1 heterocycles. The van der Waals surface area contributed by atoms with E-state index in [0.29, 0.717) is 4.88 Å². The van der Waals surface area contributed by atoms with Gasteiger partial charge in [-0.25, -0.2) is 0 Å². The van der Waals surface area contributed by atoms with Crippen LogP contribution in [0.3, 0.4) is 0 Å². The SMILES string of the molecule is O=C(NC(NC(=S)Nc1cccc(Br)c1)C(Cl)(Cl)Cl)c1cccs1. The average Bonchev–Trinajstić information content (AvgIpc) is 2.99. The Morgan fingerprint density at radius 1 is 1.21 bits per heavy atom. The molecule has 1 aromatic carbocycles. The van der Waals surface area contributed by atoms with Crippen molar-refractivity contribution >= 4 is 91.0 Å². The highest BCUT2D eigenvalue weighted by Crippen LogP contribution is 2.29. The largest absolute Gasteiger partial charge is 0.339 e. The molecule has 0 saturated heterocycles. The van der Waals surface area contributed by atoms with Gasteiger partial charge < -0.3 is 16.0 Å². The highest BCUT2D eigenvalue weighted by molar-refractivity contribution is 9.10. The number of carbonyl (C=O) groups is 1. The van der Waals surface area contributed by atoms with E-state index in [1.807, 2.05) is 24.3 Å². The van der Waals surface area contributed by atoms with Gasteiger partial charge in [0.15, 0.2) is 5.11 Å². The number of alkyl halides is 3. The molecule has 2 rings (SSSR count). The summed E-state index contributed by atoms with van der Waals surface area (Å²) in [5.74, 6) is -0.362. The van der Waals surface area contributed by atoms with Gasteiger partial charge in [-0.1, -0.05) is 62.9 Å². The predicted octanol–water partition coefficient (Wildman–Crippen LogP) is 4.92. The third-order valence-electron chi connectivity index (χ3n) is 2.71. The summed E-state index contributed by atoms with van der Waals surface area (Å²) >= 11 is 27.7. The van der Waals surface area contributed by atoms with E-state index >= 15 is 0 Å². The lowest BCUT2D eigenvalue weighted by Crippen LogP contribution is -2.56. The molecule has 0 spiro atoms. The van der Waals surface area contributed by atoms with Gasteiger partial charge in [0.25, 0.3) is 5.91 Å². The average molecular weight is 488 g/mol. The molecule has 0 fully saturated rings. The molecular weight excluding hydrogens is 477 g/mol. The number of thiocarbonyl (C=S) groups is 1. The Bertz CT molecular complexity index is 722. The molecule has 2 aromatic rings. The molecule has 0 bridgehead atoms. The Labute approximate surface area is 172 Å². The minimum absolute atomic E-state index is 0.205. The summed E-state index contributed by atoms with van der Waals surface area (Å²) in [6.07, 6.45) is -1.01. The number of halogens is 4. The van der Waals surface area contributed by atoms with E-state index in [-0.39, 0.29) is 11.0 Å². The quantitative estimate of drug-likeness (QED) is 0.325. The third kappa shape index (κ3) is 6.06. The van der Waals surface area contributed by atoms with Crippen LogP contribution in [-0.2, 0) is 0 Å². The van der Waals surface area contributed by atoms with Gasteiger partial charge in [0.05, 0.1) is 4.88 Å². The first-order valence-electron chi connectivity index (χ1n) is 6.50. The smallest absolute Gasteiger partial charge is 0.263 e. The van der Waals surface area contributed by atoms with Gasteiger partial charge in [0.1, 0.15) is 6.17 Å². The fraction of sp³-hybridized carbons (Fsp3) is 0.143. The molecule has 0 saturated carbocycles. The summed E-state index contributed by atoms with van der Waals surface area (Å²) in [5, 5.41) is 10.4. The van der Waals surface area contributed by atoms with Crippen molar-refractivity contribution in [3.05, 3.63) is 51.1 Å². The highest BCUT2D eigenvalue weighted by Gasteiger charge is 2.35. The lowest BCUT2D eigenvalue weighted by molar-refractivity contribution is 0.0938. The Morgan fingerprint density at radius 3 is 2.54 bits per heavy atom. The number of hydrogen-bond acceptors (Lipinski definition) is 3. The zero-order chi connectivity index (χ0) is 17.7. The maximum absolute atomic E-state index is 12.2. The van der Waals surface area contributed by atoms with Crippen LogP contribution in [0.25, 0.3) is 0 Å². The highest BCUT2D eigenvalue weighted by atomic mass is 79.9. The Kier molecular flexibility index (Phi) is 7.15. The van der Waals surface area contributed by atoms with Crippen LogP contribution >= 0.6 is 74.3 Å². The number of anilines is 1. The zero-order valence-electron chi connectivity index (χ0n) is 11.9. The second kappa shape index (κ2) is 8.69. The van der Waals surface area contributed by atoms with E-state index in [1.165, 1.54) is 11.3 Å². The van der Waals surface area contributed by atoms with Crippen molar-refractivity contribution in [3.8, 4) is 0 Å². The number of thiophene rings is 1. The molecule has 4 nitrogen and oxygen atoms in total. The number of amides is 1. The van der Waals surface area contributed by atoms with Gasteiger partial charge in [-0.05, 0) is 41.9 Å². The Hall–Kier alpha value is -0.570. The normalized spacial score (nSPS) is 12.3. The van der Waals surface area contributed by atoms with E-state index in [9.17, 15) is 4.79 Å².